The lowest BCUT2D eigenvalue weighted by molar-refractivity contribution is 0.0960. The van der Waals surface area contributed by atoms with E-state index < -0.39 is 0 Å². The highest BCUT2D eigenvalue weighted by Crippen LogP contribution is 2.18. The van der Waals surface area contributed by atoms with Crippen LogP contribution in [0.3, 0.4) is 0 Å². The lowest BCUT2D eigenvalue weighted by Gasteiger charge is -2.02. The van der Waals surface area contributed by atoms with E-state index in [1.165, 1.54) is 0 Å². The topological polar surface area (TPSA) is 29.1 Å². The van der Waals surface area contributed by atoms with Crippen molar-refractivity contribution >= 4 is 30.1 Å². The molecule has 64 valence electrons. The van der Waals surface area contributed by atoms with E-state index in [1.807, 2.05) is 0 Å². The van der Waals surface area contributed by atoms with Crippen molar-refractivity contribution in [2.75, 3.05) is 7.05 Å². The minimum Gasteiger partial charge on any atom is -0.355 e. The van der Waals surface area contributed by atoms with Gasteiger partial charge in [0.1, 0.15) is 0 Å². The fraction of sp³-hybridized carbons (Fsp3) is 0.125. The zero-order valence-electron chi connectivity index (χ0n) is 6.47. The summed E-state index contributed by atoms with van der Waals surface area (Å²) in [6.07, 6.45) is 0. The second-order valence-corrected chi connectivity index (χ2v) is 3.16. The van der Waals surface area contributed by atoms with Crippen LogP contribution in [0.25, 0.3) is 0 Å². The molecule has 0 unspecified atom stereocenters. The average molecular weight is 202 g/mol. The molecule has 0 radical (unpaired) electrons. The van der Waals surface area contributed by atoms with E-state index in [4.69, 9.17) is 11.6 Å². The first kappa shape index (κ1) is 9.42. The number of halogens is 1. The summed E-state index contributed by atoms with van der Waals surface area (Å²) in [4.78, 5) is 11.8. The normalized spacial score (nSPS) is 9.58. The van der Waals surface area contributed by atoms with Gasteiger partial charge in [-0.05, 0) is 18.2 Å². The molecule has 0 heterocycles. The largest absolute Gasteiger partial charge is 0.355 e. The molecule has 0 aliphatic rings. The number of amides is 1. The highest BCUT2D eigenvalue weighted by atomic mass is 35.5. The fourth-order valence-electron chi connectivity index (χ4n) is 0.825. The highest BCUT2D eigenvalue weighted by molar-refractivity contribution is 7.80. The number of benzene rings is 1. The summed E-state index contributed by atoms with van der Waals surface area (Å²) in [7, 11) is 1.57. The maximum absolute atomic E-state index is 11.2. The zero-order valence-corrected chi connectivity index (χ0v) is 8.12. The first-order valence-corrected chi connectivity index (χ1v) is 4.18. The third-order valence-corrected chi connectivity index (χ3v) is 2.06. The average Bonchev–Trinajstić information content (AvgIpc) is 2.08. The lowest BCUT2D eigenvalue weighted by atomic mass is 10.2. The van der Waals surface area contributed by atoms with Gasteiger partial charge in [-0.15, -0.1) is 12.6 Å². The summed E-state index contributed by atoms with van der Waals surface area (Å²) >= 11 is 9.82. The van der Waals surface area contributed by atoms with Crippen LogP contribution in [0.1, 0.15) is 10.4 Å². The maximum Gasteiger partial charge on any atom is 0.252 e. The van der Waals surface area contributed by atoms with Crippen LogP contribution in [0.2, 0.25) is 5.02 Å². The van der Waals surface area contributed by atoms with Crippen molar-refractivity contribution in [2.45, 2.75) is 4.90 Å². The molecule has 0 aliphatic heterocycles. The van der Waals surface area contributed by atoms with Crippen LogP contribution >= 0.6 is 24.2 Å². The van der Waals surface area contributed by atoms with Gasteiger partial charge < -0.3 is 5.32 Å². The van der Waals surface area contributed by atoms with Crippen molar-refractivity contribution in [3.05, 3.63) is 28.8 Å². The Bertz CT molecular complexity index is 314. The van der Waals surface area contributed by atoms with E-state index >= 15 is 0 Å². The van der Waals surface area contributed by atoms with E-state index in [2.05, 4.69) is 17.9 Å². The Morgan fingerprint density at radius 2 is 2.25 bits per heavy atom. The van der Waals surface area contributed by atoms with Crippen LogP contribution in [0, 0.1) is 0 Å². The van der Waals surface area contributed by atoms with Crippen molar-refractivity contribution in [1.82, 2.24) is 5.32 Å². The second-order valence-electron chi connectivity index (χ2n) is 2.24. The molecule has 4 heteroatoms. The highest BCUT2D eigenvalue weighted by Gasteiger charge is 2.07. The Morgan fingerprint density at radius 3 is 2.83 bits per heavy atom. The summed E-state index contributed by atoms with van der Waals surface area (Å²) in [5.41, 5.74) is 0.494. The van der Waals surface area contributed by atoms with Crippen molar-refractivity contribution < 1.29 is 4.79 Å². The molecule has 0 atom stereocenters. The van der Waals surface area contributed by atoms with E-state index in [9.17, 15) is 4.79 Å². The van der Waals surface area contributed by atoms with Gasteiger partial charge in [-0.3, -0.25) is 4.79 Å². The van der Waals surface area contributed by atoms with Gasteiger partial charge in [0.25, 0.3) is 5.91 Å². The van der Waals surface area contributed by atoms with E-state index in [-0.39, 0.29) is 5.91 Å². The SMILES string of the molecule is CNC(=O)c1cc(Cl)ccc1S. The van der Waals surface area contributed by atoms with Gasteiger partial charge in [0.15, 0.2) is 0 Å². The van der Waals surface area contributed by atoms with Gasteiger partial charge in [0.2, 0.25) is 0 Å². The number of rotatable bonds is 1. The summed E-state index contributed by atoms with van der Waals surface area (Å²) in [5, 5.41) is 3.04. The molecule has 1 rings (SSSR count). The number of carbonyl (C=O) groups excluding carboxylic acids is 1. The van der Waals surface area contributed by atoms with E-state index in [0.29, 0.717) is 15.5 Å². The number of carbonyl (C=O) groups is 1. The number of nitrogens with one attached hydrogen (secondary N) is 1. The molecule has 1 N–H and O–H groups in total. The third kappa shape index (κ3) is 1.93. The molecular formula is C8H8ClNOS. The molecule has 2 nitrogen and oxygen atoms in total. The zero-order chi connectivity index (χ0) is 9.14. The van der Waals surface area contributed by atoms with Gasteiger partial charge in [0, 0.05) is 17.0 Å². The van der Waals surface area contributed by atoms with Crippen molar-refractivity contribution in [3.63, 3.8) is 0 Å². The Balaban J connectivity index is 3.13. The smallest absolute Gasteiger partial charge is 0.252 e. The van der Waals surface area contributed by atoms with Crippen molar-refractivity contribution in [2.24, 2.45) is 0 Å². The molecule has 0 aromatic heterocycles. The summed E-state index contributed by atoms with van der Waals surface area (Å²) in [6.45, 7) is 0. The third-order valence-electron chi connectivity index (χ3n) is 1.43. The van der Waals surface area contributed by atoms with Gasteiger partial charge >= 0.3 is 0 Å². The molecular weight excluding hydrogens is 194 g/mol. The van der Waals surface area contributed by atoms with Gasteiger partial charge in [0.05, 0.1) is 5.56 Å². The summed E-state index contributed by atoms with van der Waals surface area (Å²) < 4.78 is 0. The number of hydrogen-bond acceptors (Lipinski definition) is 2. The van der Waals surface area contributed by atoms with Crippen molar-refractivity contribution in [3.8, 4) is 0 Å². The van der Waals surface area contributed by atoms with Gasteiger partial charge in [-0.25, -0.2) is 0 Å². The predicted octanol–water partition coefficient (Wildman–Crippen LogP) is 1.99. The molecule has 1 amide bonds. The van der Waals surface area contributed by atoms with E-state index in [1.54, 1.807) is 25.2 Å². The Labute approximate surface area is 81.3 Å². The molecule has 0 saturated heterocycles. The monoisotopic (exact) mass is 201 g/mol. The van der Waals surface area contributed by atoms with Crippen LogP contribution in [0.4, 0.5) is 0 Å². The Hall–Kier alpha value is -0.670. The van der Waals surface area contributed by atoms with Crippen LogP contribution in [-0.4, -0.2) is 13.0 Å². The number of thiol groups is 1. The number of hydrogen-bond donors (Lipinski definition) is 2. The minimum absolute atomic E-state index is 0.178. The Kier molecular flexibility index (Phi) is 3.00. The van der Waals surface area contributed by atoms with E-state index in [0.717, 1.165) is 0 Å². The first-order valence-electron chi connectivity index (χ1n) is 3.35. The predicted molar refractivity (Wildman–Crippen MR) is 52.1 cm³/mol. The molecule has 12 heavy (non-hydrogen) atoms. The lowest BCUT2D eigenvalue weighted by Crippen LogP contribution is -2.18. The molecule has 0 saturated carbocycles. The van der Waals surface area contributed by atoms with Gasteiger partial charge in [-0.2, -0.15) is 0 Å². The minimum atomic E-state index is -0.178. The quantitative estimate of drug-likeness (QED) is 0.669. The van der Waals surface area contributed by atoms with Crippen molar-refractivity contribution in [1.29, 1.82) is 0 Å². The molecule has 0 aliphatic carbocycles. The molecule has 0 bridgehead atoms. The fourth-order valence-corrected chi connectivity index (χ4v) is 1.24. The summed E-state index contributed by atoms with van der Waals surface area (Å²) in [6, 6.07) is 4.97. The van der Waals surface area contributed by atoms with Crippen LogP contribution in [0.5, 0.6) is 0 Å². The van der Waals surface area contributed by atoms with Crippen LogP contribution in [-0.2, 0) is 0 Å². The molecule has 1 aromatic carbocycles. The molecule has 0 fully saturated rings. The first-order chi connectivity index (χ1) is 5.65. The maximum atomic E-state index is 11.2. The second kappa shape index (κ2) is 3.83. The summed E-state index contributed by atoms with van der Waals surface area (Å²) in [5.74, 6) is -0.178. The van der Waals surface area contributed by atoms with Crippen LogP contribution < -0.4 is 5.32 Å². The van der Waals surface area contributed by atoms with Gasteiger partial charge in [-0.1, -0.05) is 11.6 Å². The molecule has 1 aromatic rings. The Morgan fingerprint density at radius 1 is 1.58 bits per heavy atom. The standard InChI is InChI=1S/C8H8ClNOS/c1-10-8(11)6-4-5(9)2-3-7(6)12/h2-4,12H,1H3,(H,10,11). The van der Waals surface area contributed by atoms with Crippen LogP contribution in [0.15, 0.2) is 23.1 Å². The molecule has 0 spiro atoms.